The highest BCUT2D eigenvalue weighted by Crippen LogP contribution is 2.34. The van der Waals surface area contributed by atoms with Crippen molar-refractivity contribution in [3.05, 3.63) is 17.7 Å². The lowest BCUT2D eigenvalue weighted by atomic mass is 10.1. The van der Waals surface area contributed by atoms with Gasteiger partial charge in [0.15, 0.2) is 11.5 Å². The second-order valence-electron chi connectivity index (χ2n) is 4.88. The van der Waals surface area contributed by atoms with Crippen molar-refractivity contribution in [3.8, 4) is 17.2 Å². The predicted octanol–water partition coefficient (Wildman–Crippen LogP) is 3.32. The zero-order valence-electron chi connectivity index (χ0n) is 12.4. The molecule has 0 aliphatic heterocycles. The number of methoxy groups -OCH3 is 3. The fourth-order valence-corrected chi connectivity index (χ4v) is 2.61. The largest absolute Gasteiger partial charge is 0.496 e. The van der Waals surface area contributed by atoms with Crippen molar-refractivity contribution in [1.29, 1.82) is 0 Å². The smallest absolute Gasteiger partial charge is 0.164 e. The van der Waals surface area contributed by atoms with Crippen LogP contribution >= 0.6 is 17.0 Å². The van der Waals surface area contributed by atoms with Gasteiger partial charge in [0, 0.05) is 24.2 Å². The molecule has 1 aliphatic carbocycles. The summed E-state index contributed by atoms with van der Waals surface area (Å²) in [6, 6.07) is 4.50. The fraction of sp³-hybridized carbons (Fsp3) is 0.600. The van der Waals surface area contributed by atoms with Crippen molar-refractivity contribution < 1.29 is 14.2 Å². The van der Waals surface area contributed by atoms with Crippen LogP contribution in [0.2, 0.25) is 0 Å². The van der Waals surface area contributed by atoms with Gasteiger partial charge in [-0.15, -0.1) is 17.0 Å². The molecule has 0 amide bonds. The Morgan fingerprint density at radius 3 is 2.05 bits per heavy atom. The van der Waals surface area contributed by atoms with Crippen LogP contribution in [0.5, 0.6) is 17.2 Å². The van der Waals surface area contributed by atoms with E-state index in [-0.39, 0.29) is 17.0 Å². The summed E-state index contributed by atoms with van der Waals surface area (Å²) in [4.78, 5) is 0. The molecule has 0 saturated heterocycles. The number of ether oxygens (including phenoxy) is 3. The van der Waals surface area contributed by atoms with E-state index in [1.165, 1.54) is 25.7 Å². The highest BCUT2D eigenvalue weighted by molar-refractivity contribution is 8.93. The van der Waals surface area contributed by atoms with Crippen LogP contribution in [0, 0.1) is 0 Å². The van der Waals surface area contributed by atoms with Crippen LogP contribution in [0.15, 0.2) is 12.1 Å². The molecule has 0 atom stereocenters. The molecule has 4 nitrogen and oxygen atoms in total. The first-order valence-electron chi connectivity index (χ1n) is 6.80. The van der Waals surface area contributed by atoms with Gasteiger partial charge in [0.25, 0.3) is 0 Å². The second kappa shape index (κ2) is 8.37. The number of halogens is 1. The highest BCUT2D eigenvalue weighted by Gasteiger charge is 2.16. The Morgan fingerprint density at radius 2 is 1.50 bits per heavy atom. The average molecular weight is 346 g/mol. The van der Waals surface area contributed by atoms with Crippen LogP contribution in [0.3, 0.4) is 0 Å². The Kier molecular flexibility index (Phi) is 7.16. The van der Waals surface area contributed by atoms with Crippen molar-refractivity contribution in [2.45, 2.75) is 38.3 Å². The van der Waals surface area contributed by atoms with Crippen molar-refractivity contribution in [3.63, 3.8) is 0 Å². The van der Waals surface area contributed by atoms with Crippen LogP contribution in [0.1, 0.15) is 31.2 Å². The normalized spacial score (nSPS) is 14.8. The van der Waals surface area contributed by atoms with E-state index in [1.807, 2.05) is 12.1 Å². The van der Waals surface area contributed by atoms with Gasteiger partial charge in [0.05, 0.1) is 21.3 Å². The van der Waals surface area contributed by atoms with Crippen LogP contribution in [-0.4, -0.2) is 27.4 Å². The minimum Gasteiger partial charge on any atom is -0.496 e. The van der Waals surface area contributed by atoms with Crippen LogP contribution in [0.4, 0.5) is 0 Å². The predicted molar refractivity (Wildman–Crippen MR) is 85.5 cm³/mol. The molecular weight excluding hydrogens is 322 g/mol. The van der Waals surface area contributed by atoms with Crippen molar-refractivity contribution in [1.82, 2.24) is 5.32 Å². The maximum absolute atomic E-state index is 5.43. The van der Waals surface area contributed by atoms with E-state index >= 15 is 0 Å². The molecule has 0 unspecified atom stereocenters. The summed E-state index contributed by atoms with van der Waals surface area (Å²) >= 11 is 0. The van der Waals surface area contributed by atoms with Crippen LogP contribution < -0.4 is 19.5 Å². The molecule has 20 heavy (non-hydrogen) atoms. The lowest BCUT2D eigenvalue weighted by molar-refractivity contribution is 0.346. The van der Waals surface area contributed by atoms with Gasteiger partial charge in [-0.2, -0.15) is 0 Å². The first-order chi connectivity index (χ1) is 9.28. The van der Waals surface area contributed by atoms with Crippen molar-refractivity contribution in [2.75, 3.05) is 21.3 Å². The Balaban J connectivity index is 0.00000200. The fourth-order valence-electron chi connectivity index (χ4n) is 2.61. The minimum absolute atomic E-state index is 0. The van der Waals surface area contributed by atoms with E-state index in [9.17, 15) is 0 Å². The van der Waals surface area contributed by atoms with E-state index in [4.69, 9.17) is 14.2 Å². The molecule has 1 fully saturated rings. The Morgan fingerprint density at radius 1 is 0.950 bits per heavy atom. The molecule has 1 aromatic carbocycles. The first-order valence-corrected chi connectivity index (χ1v) is 6.80. The van der Waals surface area contributed by atoms with Gasteiger partial charge in [-0.25, -0.2) is 0 Å². The number of hydrogen-bond donors (Lipinski definition) is 1. The summed E-state index contributed by atoms with van der Waals surface area (Å²) in [6.07, 6.45) is 5.21. The van der Waals surface area contributed by atoms with Gasteiger partial charge < -0.3 is 19.5 Å². The van der Waals surface area contributed by atoms with Gasteiger partial charge in [-0.3, -0.25) is 0 Å². The number of rotatable bonds is 6. The average Bonchev–Trinajstić information content (AvgIpc) is 2.97. The molecule has 0 spiro atoms. The first kappa shape index (κ1) is 17.1. The van der Waals surface area contributed by atoms with Crippen molar-refractivity contribution in [2.24, 2.45) is 0 Å². The summed E-state index contributed by atoms with van der Waals surface area (Å²) < 4.78 is 16.1. The lowest BCUT2D eigenvalue weighted by Gasteiger charge is -2.16. The Hall–Kier alpha value is -0.940. The Labute approximate surface area is 131 Å². The quantitative estimate of drug-likeness (QED) is 0.858. The molecule has 0 radical (unpaired) electrons. The van der Waals surface area contributed by atoms with E-state index in [0.29, 0.717) is 11.8 Å². The summed E-state index contributed by atoms with van der Waals surface area (Å²) in [7, 11) is 4.96. The van der Waals surface area contributed by atoms with Gasteiger partial charge >= 0.3 is 0 Å². The third-order valence-corrected chi connectivity index (χ3v) is 3.72. The molecule has 1 N–H and O–H groups in total. The molecule has 1 aliphatic rings. The molecule has 2 rings (SSSR count). The van der Waals surface area contributed by atoms with Crippen molar-refractivity contribution >= 4 is 17.0 Å². The van der Waals surface area contributed by atoms with E-state index in [1.54, 1.807) is 21.3 Å². The molecule has 5 heteroatoms. The van der Waals surface area contributed by atoms with Gasteiger partial charge in [0.1, 0.15) is 5.75 Å². The monoisotopic (exact) mass is 345 g/mol. The Bertz CT molecular complexity index is 420. The summed E-state index contributed by atoms with van der Waals surface area (Å²) in [6.45, 7) is 0.800. The van der Waals surface area contributed by atoms with Gasteiger partial charge in [0.2, 0.25) is 0 Å². The molecule has 0 heterocycles. The summed E-state index contributed by atoms with van der Waals surface area (Å²) in [5.41, 5.74) is 1.10. The summed E-state index contributed by atoms with van der Waals surface area (Å²) in [5.74, 6) is 2.28. The van der Waals surface area contributed by atoms with Crippen LogP contribution in [-0.2, 0) is 6.54 Å². The van der Waals surface area contributed by atoms with Gasteiger partial charge in [-0.05, 0) is 18.9 Å². The third-order valence-electron chi connectivity index (χ3n) is 3.72. The summed E-state index contributed by atoms with van der Waals surface area (Å²) in [5, 5.41) is 3.59. The second-order valence-corrected chi connectivity index (χ2v) is 4.88. The zero-order valence-corrected chi connectivity index (χ0v) is 14.1. The molecule has 114 valence electrons. The van der Waals surface area contributed by atoms with Crippen LogP contribution in [0.25, 0.3) is 0 Å². The third kappa shape index (κ3) is 4.03. The minimum atomic E-state index is 0. The maximum Gasteiger partial charge on any atom is 0.164 e. The van der Waals surface area contributed by atoms with E-state index in [2.05, 4.69) is 5.32 Å². The topological polar surface area (TPSA) is 39.7 Å². The zero-order chi connectivity index (χ0) is 13.7. The standard InChI is InChI=1S/C15H23NO3.BrH/c1-17-13-9-15(19-3)14(18-2)8-11(13)10-16-12-6-4-5-7-12;/h8-9,12,16H,4-7,10H2,1-3H3;1H. The maximum atomic E-state index is 5.43. The molecule has 0 bridgehead atoms. The number of benzene rings is 1. The molecular formula is C15H24BrNO3. The van der Waals surface area contributed by atoms with E-state index in [0.717, 1.165) is 23.6 Å². The van der Waals surface area contributed by atoms with E-state index < -0.39 is 0 Å². The highest BCUT2D eigenvalue weighted by atomic mass is 79.9. The lowest BCUT2D eigenvalue weighted by Crippen LogP contribution is -2.25. The SMILES string of the molecule is Br.COc1cc(OC)c(OC)cc1CNC1CCCC1. The number of hydrogen-bond acceptors (Lipinski definition) is 4. The molecule has 1 saturated carbocycles. The molecule has 1 aromatic rings. The molecule has 0 aromatic heterocycles. The van der Waals surface area contributed by atoms with Gasteiger partial charge in [-0.1, -0.05) is 12.8 Å². The number of nitrogens with one attached hydrogen (secondary N) is 1.